The highest BCUT2D eigenvalue weighted by Gasteiger charge is 1.96. The molecule has 1 N–H and O–H groups in total. The Kier molecular flexibility index (Phi) is 2.00. The van der Waals surface area contributed by atoms with Crippen LogP contribution in [0.3, 0.4) is 0 Å². The summed E-state index contributed by atoms with van der Waals surface area (Å²) in [6.45, 7) is 0. The largest absolute Gasteiger partial charge is 0.722 e. The predicted molar refractivity (Wildman–Crippen MR) is 50.6 cm³/mol. The number of rotatable bonds is 2. The van der Waals surface area contributed by atoms with Gasteiger partial charge in [-0.05, 0) is 19.2 Å². The fourth-order valence-corrected chi connectivity index (χ4v) is 1.14. The van der Waals surface area contributed by atoms with Crippen molar-refractivity contribution >= 4 is 0 Å². The van der Waals surface area contributed by atoms with Crippen LogP contribution in [-0.4, -0.2) is 14.3 Å². The van der Waals surface area contributed by atoms with Crippen LogP contribution in [-0.2, 0) is 0 Å². The van der Waals surface area contributed by atoms with E-state index in [9.17, 15) is 0 Å². The summed E-state index contributed by atoms with van der Waals surface area (Å²) in [5.74, 6) is 0.879. The lowest BCUT2D eigenvalue weighted by Gasteiger charge is -2.04. The molecule has 0 fully saturated rings. The third-order valence-corrected chi connectivity index (χ3v) is 1.83. The van der Waals surface area contributed by atoms with Gasteiger partial charge in [-0.3, -0.25) is 0 Å². The summed E-state index contributed by atoms with van der Waals surface area (Å²) in [7, 11) is 3.45. The molecule has 0 bridgehead atoms. The molecular weight excluding hydrogens is 164 g/mol. The number of aromatic hydroxyl groups is 1. The highest BCUT2D eigenvalue weighted by molar-refractivity contribution is 5.36. The summed E-state index contributed by atoms with van der Waals surface area (Å²) in [6.07, 6.45) is 5.41. The van der Waals surface area contributed by atoms with Gasteiger partial charge in [-0.25, -0.2) is 4.98 Å². The van der Waals surface area contributed by atoms with E-state index in [-0.39, 0.29) is 0 Å². The Morgan fingerprint density at radius 2 is 2.00 bits per heavy atom. The van der Waals surface area contributed by atoms with Gasteiger partial charge in [0.2, 0.25) is 5.75 Å². The summed E-state index contributed by atoms with van der Waals surface area (Å²) in [5.41, 5.74) is 1.07. The average molecular weight is 174 g/mol. The minimum atomic E-state index is 0.879. The molecule has 1 aromatic carbocycles. The number of benzene rings is 1. The number of hydrogen-bond acceptors (Lipinski definition) is 1. The summed E-state index contributed by atoms with van der Waals surface area (Å²) in [6, 6.07) is 7.79. The Morgan fingerprint density at radius 3 is 2.54 bits per heavy atom. The minimum Gasteiger partial charge on any atom is -0.722 e. The zero-order valence-electron chi connectivity index (χ0n) is 7.09. The van der Waals surface area contributed by atoms with Crippen molar-refractivity contribution < 1.29 is 4.74 Å². The molecule has 3 nitrogen and oxygen atoms in total. The van der Waals surface area contributed by atoms with Crippen LogP contribution in [0.5, 0.6) is 5.75 Å². The highest BCUT2D eigenvalue weighted by atomic mass is 16.5. The topological polar surface area (TPSA) is 30.6 Å². The number of hydrogen-bond donors (Lipinski definition) is 0. The molecule has 3 heteroatoms. The van der Waals surface area contributed by atoms with E-state index in [0.29, 0.717) is 0 Å². The molecule has 13 heavy (non-hydrogen) atoms. The first-order valence-corrected chi connectivity index (χ1v) is 3.95. The van der Waals surface area contributed by atoms with Gasteiger partial charge in [-0.2, -0.15) is 0 Å². The van der Waals surface area contributed by atoms with Crippen molar-refractivity contribution in [2.45, 2.75) is 0 Å². The zero-order valence-corrected chi connectivity index (χ0v) is 7.09. The molecule has 2 rings (SSSR count). The molecule has 0 saturated heterocycles. The molecule has 0 spiro atoms. The molecule has 0 saturated carbocycles. The van der Waals surface area contributed by atoms with Crippen molar-refractivity contribution in [2.75, 3.05) is 0 Å². The quantitative estimate of drug-likeness (QED) is 0.505. The van der Waals surface area contributed by atoms with Crippen LogP contribution >= 0.6 is 0 Å². The highest BCUT2D eigenvalue weighted by Crippen LogP contribution is 2.15. The fourth-order valence-electron chi connectivity index (χ4n) is 1.14. The molecule has 1 aromatic heterocycles. The van der Waals surface area contributed by atoms with Crippen molar-refractivity contribution in [3.05, 3.63) is 50.1 Å². The third kappa shape index (κ3) is 1.54. The first-order valence-electron chi connectivity index (χ1n) is 3.95. The predicted octanol–water partition coefficient (Wildman–Crippen LogP) is 1.91. The Balaban J connectivity index is 2.33. The molecule has 2 aromatic rings. The van der Waals surface area contributed by atoms with Gasteiger partial charge in [-0.15, -0.1) is 0 Å². The normalized spacial score (nSPS) is 9.92. The molecule has 0 unspecified atom stereocenters. The second-order valence-electron chi connectivity index (χ2n) is 2.64. The minimum absolute atomic E-state index is 0.879. The molecule has 66 valence electrons. The second-order valence-corrected chi connectivity index (χ2v) is 2.64. The maximum Gasteiger partial charge on any atom is 0.226 e. The van der Waals surface area contributed by atoms with Crippen molar-refractivity contribution in [2.24, 2.45) is 0 Å². The number of aromatic nitrogens is 2. The molecule has 1 heterocycles. The van der Waals surface area contributed by atoms with Crippen molar-refractivity contribution in [3.8, 4) is 11.4 Å². The summed E-state index contributed by atoms with van der Waals surface area (Å²) in [5, 5.41) is 0. The van der Waals surface area contributed by atoms with E-state index < -0.39 is 0 Å². The molecule has 0 aliphatic rings. The summed E-state index contributed by atoms with van der Waals surface area (Å²) >= 11 is 0. The fraction of sp³-hybridized carbons (Fsp3) is 0. The van der Waals surface area contributed by atoms with E-state index in [2.05, 4.69) is 16.8 Å². The Labute approximate surface area is 76.6 Å². The maximum absolute atomic E-state index is 3.97. The Morgan fingerprint density at radius 1 is 1.23 bits per heavy atom. The maximum atomic E-state index is 3.97. The summed E-state index contributed by atoms with van der Waals surface area (Å²) in [4.78, 5) is 3.97. The van der Waals surface area contributed by atoms with E-state index in [4.69, 9.17) is 0 Å². The van der Waals surface area contributed by atoms with Crippen molar-refractivity contribution in [3.63, 3.8) is 0 Å². The monoisotopic (exact) mass is 174 g/mol. The van der Waals surface area contributed by atoms with Crippen LogP contribution < -0.4 is 0 Å². The van der Waals surface area contributed by atoms with E-state index in [1.807, 2.05) is 35.0 Å². The lowest BCUT2D eigenvalue weighted by molar-refractivity contribution is 0.186. The number of nitrogens with zero attached hydrogens (tertiary/aromatic N) is 2. The second kappa shape index (κ2) is 3.31. The number of aliphatic hydroxyl groups is 1. The van der Waals surface area contributed by atoms with Crippen LogP contribution in [0, 0.1) is 7.11 Å². The van der Waals surface area contributed by atoms with E-state index in [1.54, 1.807) is 12.5 Å². The number of imidazole rings is 1. The summed E-state index contributed by atoms with van der Waals surface area (Å²) < 4.78 is 5.76. The SMILES string of the molecule is [CH2-][OH+]c1ccc(-n2ccnc2)cc1. The van der Waals surface area contributed by atoms with Crippen LogP contribution in [0.25, 0.3) is 5.69 Å². The number of ether oxygens (including phenoxy) is 1. The molecule has 0 aliphatic carbocycles. The van der Waals surface area contributed by atoms with E-state index in [1.165, 1.54) is 0 Å². The zero-order chi connectivity index (χ0) is 9.10. The smallest absolute Gasteiger partial charge is 0.226 e. The molecular formula is C10H10N2O. The van der Waals surface area contributed by atoms with E-state index >= 15 is 0 Å². The molecule has 0 amide bonds. The van der Waals surface area contributed by atoms with Gasteiger partial charge >= 0.3 is 0 Å². The first kappa shape index (κ1) is 7.86. The van der Waals surface area contributed by atoms with Gasteiger partial charge < -0.3 is 9.30 Å². The lowest BCUT2D eigenvalue weighted by Crippen LogP contribution is -1.88. The van der Waals surface area contributed by atoms with Crippen molar-refractivity contribution in [1.29, 1.82) is 0 Å². The molecule has 0 atom stereocenters. The van der Waals surface area contributed by atoms with Crippen molar-refractivity contribution in [1.82, 2.24) is 9.55 Å². The van der Waals surface area contributed by atoms with Crippen LogP contribution in [0.15, 0.2) is 43.0 Å². The van der Waals surface area contributed by atoms with Gasteiger partial charge in [0.05, 0.1) is 6.33 Å². The van der Waals surface area contributed by atoms with Crippen LogP contribution in [0.2, 0.25) is 0 Å². The standard InChI is InChI=1S/C10H10N2O/c1-13-10-4-2-9(3-5-10)12-7-6-11-8-12/h2-8,13H,1H2. The molecule has 0 aliphatic heterocycles. The van der Waals surface area contributed by atoms with Crippen LogP contribution in [0.1, 0.15) is 0 Å². The Hall–Kier alpha value is -1.77. The van der Waals surface area contributed by atoms with Gasteiger partial charge in [0.25, 0.3) is 0 Å². The molecule has 0 radical (unpaired) electrons. The first-order chi connectivity index (χ1) is 6.40. The van der Waals surface area contributed by atoms with Gasteiger partial charge in [0.15, 0.2) is 0 Å². The Bertz CT molecular complexity index is 364. The lowest BCUT2D eigenvalue weighted by atomic mass is 10.3. The van der Waals surface area contributed by atoms with Crippen LogP contribution in [0.4, 0.5) is 0 Å². The average Bonchev–Trinajstić information content (AvgIpc) is 2.71. The van der Waals surface area contributed by atoms with Gasteiger partial charge in [-0.1, -0.05) is 0 Å². The third-order valence-electron chi connectivity index (χ3n) is 1.83. The van der Waals surface area contributed by atoms with E-state index in [0.717, 1.165) is 11.4 Å². The van der Waals surface area contributed by atoms with Gasteiger partial charge in [0.1, 0.15) is 0 Å². The van der Waals surface area contributed by atoms with Gasteiger partial charge in [0, 0.05) is 30.2 Å².